The number of benzene rings is 10. The van der Waals surface area contributed by atoms with Gasteiger partial charge in [-0.05, 0) is 105 Å². The average molecular weight is 873 g/mol. The highest BCUT2D eigenvalue weighted by Crippen LogP contribution is 2.65. The molecule has 316 valence electrons. The van der Waals surface area contributed by atoms with Crippen molar-refractivity contribution in [2.24, 2.45) is 0 Å². The van der Waals surface area contributed by atoms with Crippen molar-refractivity contribution in [3.05, 3.63) is 264 Å². The zero-order valence-corrected chi connectivity index (χ0v) is 38.1. The first-order valence-electron chi connectivity index (χ1n) is 23.4. The molecule has 0 bridgehead atoms. The van der Waals surface area contributed by atoms with Crippen LogP contribution in [0, 0.1) is 0 Å². The van der Waals surface area contributed by atoms with E-state index in [4.69, 9.17) is 0 Å². The van der Waals surface area contributed by atoms with E-state index in [1.807, 2.05) is 11.3 Å². The maximum absolute atomic E-state index is 2.59. The van der Waals surface area contributed by atoms with Crippen molar-refractivity contribution >= 4 is 65.6 Å². The summed E-state index contributed by atoms with van der Waals surface area (Å²) in [5.74, 6) is 0. The van der Waals surface area contributed by atoms with Crippen LogP contribution in [0.3, 0.4) is 0 Å². The molecule has 11 aromatic rings. The minimum Gasteiger partial charge on any atom is -0.310 e. The number of hydrogen-bond donors (Lipinski definition) is 0. The van der Waals surface area contributed by atoms with Crippen molar-refractivity contribution in [3.8, 4) is 33.4 Å². The summed E-state index contributed by atoms with van der Waals surface area (Å²) in [6, 6.07) is 86.4. The first-order valence-corrected chi connectivity index (χ1v) is 24.2. The topological polar surface area (TPSA) is 6.48 Å². The summed E-state index contributed by atoms with van der Waals surface area (Å²) in [6.07, 6.45) is 0. The molecule has 0 radical (unpaired) electrons. The number of para-hydroxylation sites is 4. The van der Waals surface area contributed by atoms with Gasteiger partial charge in [-0.25, -0.2) is 0 Å². The van der Waals surface area contributed by atoms with Crippen molar-refractivity contribution in [1.29, 1.82) is 0 Å². The van der Waals surface area contributed by atoms with Gasteiger partial charge in [0, 0.05) is 53.7 Å². The normalized spacial score (nSPS) is 14.3. The van der Waals surface area contributed by atoms with E-state index in [1.54, 1.807) is 0 Å². The Morgan fingerprint density at radius 1 is 0.388 bits per heavy atom. The number of fused-ring (bicyclic) bond motifs is 15. The van der Waals surface area contributed by atoms with Gasteiger partial charge >= 0.3 is 0 Å². The van der Waals surface area contributed by atoms with Crippen molar-refractivity contribution in [3.63, 3.8) is 0 Å². The van der Waals surface area contributed by atoms with Crippen LogP contribution >= 0.6 is 11.3 Å². The van der Waals surface area contributed by atoms with Gasteiger partial charge < -0.3 is 9.80 Å². The Hall–Kier alpha value is -7.98. The van der Waals surface area contributed by atoms with Gasteiger partial charge in [-0.15, -0.1) is 11.3 Å². The predicted octanol–water partition coefficient (Wildman–Crippen LogP) is 17.6. The molecule has 2 heterocycles. The van der Waals surface area contributed by atoms with Crippen LogP contribution in [0.2, 0.25) is 0 Å². The van der Waals surface area contributed by atoms with Crippen LogP contribution in [-0.4, -0.2) is 0 Å². The van der Waals surface area contributed by atoms with Crippen LogP contribution in [0.25, 0.3) is 53.6 Å². The smallest absolute Gasteiger partial charge is 0.0755 e. The van der Waals surface area contributed by atoms with Gasteiger partial charge in [-0.1, -0.05) is 190 Å². The van der Waals surface area contributed by atoms with Crippen LogP contribution in [0.15, 0.2) is 231 Å². The van der Waals surface area contributed by atoms with E-state index in [-0.39, 0.29) is 5.41 Å². The van der Waals surface area contributed by atoms with Gasteiger partial charge in [-0.2, -0.15) is 0 Å². The molecular formula is C64H44N2S. The molecule has 0 unspecified atom stereocenters. The SMILES string of the molecule is CC1(C)c2ccccc2-c2ccc(N(c3ccccc3-c3cccc4c3sc3ccccc34)c3cccc4c3-c3ccccc3C43c4ccccc4N(c4ccccc4)c4ccccc43)cc21. The quantitative estimate of drug-likeness (QED) is 0.170. The zero-order chi connectivity index (χ0) is 44.4. The number of thiophene rings is 1. The lowest BCUT2D eigenvalue weighted by Gasteiger charge is -2.45. The maximum Gasteiger partial charge on any atom is 0.0755 e. The minimum atomic E-state index is -0.587. The van der Waals surface area contributed by atoms with Gasteiger partial charge in [0.25, 0.3) is 0 Å². The van der Waals surface area contributed by atoms with E-state index in [0.717, 1.165) is 22.7 Å². The van der Waals surface area contributed by atoms with Crippen LogP contribution in [0.1, 0.15) is 47.2 Å². The molecule has 14 rings (SSSR count). The largest absolute Gasteiger partial charge is 0.310 e. The van der Waals surface area contributed by atoms with Gasteiger partial charge in [0.1, 0.15) is 0 Å². The van der Waals surface area contributed by atoms with Crippen LogP contribution in [-0.2, 0) is 10.8 Å². The molecule has 67 heavy (non-hydrogen) atoms. The van der Waals surface area contributed by atoms with Crippen LogP contribution in [0.4, 0.5) is 34.1 Å². The summed E-state index contributed by atoms with van der Waals surface area (Å²) in [5.41, 5.74) is 21.7. The Balaban J connectivity index is 1.07. The molecule has 1 spiro atoms. The first-order chi connectivity index (χ1) is 33.0. The number of nitrogens with zero attached hydrogens (tertiary/aromatic N) is 2. The molecule has 10 aromatic carbocycles. The number of anilines is 6. The molecule has 0 saturated heterocycles. The lowest BCUT2D eigenvalue weighted by molar-refractivity contribution is 0.660. The Labute approximate surface area is 395 Å². The monoisotopic (exact) mass is 872 g/mol. The lowest BCUT2D eigenvalue weighted by atomic mass is 9.64. The fourth-order valence-corrected chi connectivity index (χ4v) is 13.5. The Morgan fingerprint density at radius 2 is 0.940 bits per heavy atom. The fraction of sp³-hybridized carbons (Fsp3) is 0.0625. The molecule has 0 fully saturated rings. The lowest BCUT2D eigenvalue weighted by Crippen LogP contribution is -2.36. The maximum atomic E-state index is 2.59. The van der Waals surface area contributed by atoms with E-state index < -0.39 is 5.41 Å². The van der Waals surface area contributed by atoms with Gasteiger partial charge in [0.2, 0.25) is 0 Å². The third-order valence-electron chi connectivity index (χ3n) is 15.1. The molecule has 1 aliphatic heterocycles. The van der Waals surface area contributed by atoms with Crippen molar-refractivity contribution in [2.75, 3.05) is 9.80 Å². The highest BCUT2D eigenvalue weighted by atomic mass is 32.1. The van der Waals surface area contributed by atoms with E-state index in [1.165, 1.54) is 98.3 Å². The van der Waals surface area contributed by atoms with Crippen LogP contribution < -0.4 is 9.80 Å². The Bertz CT molecular complexity index is 3770. The van der Waals surface area contributed by atoms with Gasteiger partial charge in [0.05, 0.1) is 28.2 Å². The summed E-state index contributed by atoms with van der Waals surface area (Å²) < 4.78 is 2.61. The standard InChI is InChI=1S/C64H44N2S/c1-63(2)50-28-10-6-22-43(50)44-39-38-42(40-55(44)63)66(56-33-14-8-23-45(56)47-26-18-27-48-46-24-9-17-37-60(46)67-62(47)48)59-36-19-32-54-61(59)49-25-7-11-29-51(49)64(54)52-30-12-15-34-57(52)65(41-20-4-3-5-21-41)58-35-16-13-31-53(58)64/h3-40H,1-2H3. The molecular weight excluding hydrogens is 829 g/mol. The summed E-state index contributed by atoms with van der Waals surface area (Å²) in [4.78, 5) is 5.05. The molecule has 2 nitrogen and oxygen atoms in total. The van der Waals surface area contributed by atoms with Gasteiger partial charge in [0.15, 0.2) is 0 Å². The first kappa shape index (κ1) is 38.3. The average Bonchev–Trinajstić information content (AvgIpc) is 3.99. The summed E-state index contributed by atoms with van der Waals surface area (Å²) in [6.45, 7) is 4.78. The van der Waals surface area contributed by atoms with Gasteiger partial charge in [-0.3, -0.25) is 0 Å². The third kappa shape index (κ3) is 5.21. The summed E-state index contributed by atoms with van der Waals surface area (Å²) in [5, 5.41) is 2.60. The zero-order valence-electron chi connectivity index (χ0n) is 37.2. The van der Waals surface area contributed by atoms with E-state index >= 15 is 0 Å². The second kappa shape index (κ2) is 14.3. The highest BCUT2D eigenvalue weighted by Gasteiger charge is 2.52. The number of rotatable bonds is 5. The van der Waals surface area contributed by atoms with E-state index in [9.17, 15) is 0 Å². The molecule has 3 aliphatic rings. The predicted molar refractivity (Wildman–Crippen MR) is 283 cm³/mol. The van der Waals surface area contributed by atoms with Crippen molar-refractivity contribution in [2.45, 2.75) is 24.7 Å². The molecule has 0 saturated carbocycles. The fourth-order valence-electron chi connectivity index (χ4n) is 12.3. The summed E-state index contributed by atoms with van der Waals surface area (Å²) >= 11 is 1.89. The third-order valence-corrected chi connectivity index (χ3v) is 16.3. The highest BCUT2D eigenvalue weighted by molar-refractivity contribution is 7.26. The van der Waals surface area contributed by atoms with Crippen LogP contribution in [0.5, 0.6) is 0 Å². The van der Waals surface area contributed by atoms with Crippen molar-refractivity contribution in [1.82, 2.24) is 0 Å². The van der Waals surface area contributed by atoms with E-state index in [2.05, 4.69) is 254 Å². The summed E-state index contributed by atoms with van der Waals surface area (Å²) in [7, 11) is 0. The molecule has 0 atom stereocenters. The minimum absolute atomic E-state index is 0.175. The second-order valence-corrected chi connectivity index (χ2v) is 19.8. The Kier molecular flexibility index (Phi) is 8.15. The second-order valence-electron chi connectivity index (χ2n) is 18.7. The Morgan fingerprint density at radius 3 is 1.73 bits per heavy atom. The van der Waals surface area contributed by atoms with Crippen molar-refractivity contribution < 1.29 is 0 Å². The molecule has 3 heteroatoms. The molecule has 1 aromatic heterocycles. The molecule has 0 amide bonds. The molecule has 2 aliphatic carbocycles. The molecule has 0 N–H and O–H groups in total. The number of hydrogen-bond acceptors (Lipinski definition) is 3. The van der Waals surface area contributed by atoms with E-state index in [0.29, 0.717) is 0 Å².